The number of nitrogens with one attached hydrogen (secondary N) is 3. The highest BCUT2D eigenvalue weighted by Crippen LogP contribution is 2.20. The first-order valence-corrected chi connectivity index (χ1v) is 6.86. The van der Waals surface area contributed by atoms with Crippen LogP contribution in [0.1, 0.15) is 10.4 Å². The van der Waals surface area contributed by atoms with Gasteiger partial charge < -0.3 is 10.4 Å². The van der Waals surface area contributed by atoms with Crippen LogP contribution in [0.2, 0.25) is 5.02 Å². The van der Waals surface area contributed by atoms with Gasteiger partial charge in [-0.15, -0.1) is 0 Å². The van der Waals surface area contributed by atoms with Crippen LogP contribution in [0, 0.1) is 5.82 Å². The quantitative estimate of drug-likeness (QED) is 0.500. The average molecular weight is 340 g/mol. The van der Waals surface area contributed by atoms with Crippen LogP contribution in [-0.2, 0) is 0 Å². The third-order valence-corrected chi connectivity index (χ3v) is 3.03. The van der Waals surface area contributed by atoms with Crippen LogP contribution < -0.4 is 16.2 Å². The normalized spacial score (nSPS) is 9.91. The number of hydrazine groups is 1. The summed E-state index contributed by atoms with van der Waals surface area (Å²) >= 11 is 10.7. The molecular formula is C14H11ClFN3O2S. The molecule has 0 aromatic heterocycles. The minimum atomic E-state index is -0.608. The van der Waals surface area contributed by atoms with E-state index in [1.807, 2.05) is 0 Å². The van der Waals surface area contributed by atoms with Gasteiger partial charge in [-0.3, -0.25) is 15.6 Å². The third kappa shape index (κ3) is 4.31. The molecule has 0 heterocycles. The van der Waals surface area contributed by atoms with E-state index in [-0.39, 0.29) is 22.2 Å². The first kappa shape index (κ1) is 16.0. The fourth-order valence-corrected chi connectivity index (χ4v) is 1.91. The predicted molar refractivity (Wildman–Crippen MR) is 86.3 cm³/mol. The minimum absolute atomic E-state index is 0.00424. The smallest absolute Gasteiger partial charge is 0.273 e. The summed E-state index contributed by atoms with van der Waals surface area (Å²) in [5.74, 6) is -1.18. The Bertz CT molecular complexity index is 710. The molecule has 5 nitrogen and oxygen atoms in total. The number of thiocarbonyl (C=S) groups is 1. The van der Waals surface area contributed by atoms with E-state index in [0.717, 1.165) is 0 Å². The van der Waals surface area contributed by atoms with Crippen molar-refractivity contribution in [3.05, 3.63) is 58.9 Å². The molecule has 4 N–H and O–H groups in total. The maximum absolute atomic E-state index is 12.8. The van der Waals surface area contributed by atoms with Gasteiger partial charge in [-0.1, -0.05) is 11.6 Å². The molecule has 0 aliphatic heterocycles. The number of carbonyl (C=O) groups is 1. The number of carbonyl (C=O) groups excluding carboxylic acids is 1. The van der Waals surface area contributed by atoms with E-state index >= 15 is 0 Å². The Labute approximate surface area is 136 Å². The zero-order valence-electron chi connectivity index (χ0n) is 11.1. The third-order valence-electron chi connectivity index (χ3n) is 2.59. The lowest BCUT2D eigenvalue weighted by Gasteiger charge is -2.12. The molecule has 0 radical (unpaired) electrons. The summed E-state index contributed by atoms with van der Waals surface area (Å²) in [6.45, 7) is 0. The van der Waals surface area contributed by atoms with Gasteiger partial charge in [0.2, 0.25) is 0 Å². The second-order valence-corrected chi connectivity index (χ2v) is 5.05. The molecule has 0 aliphatic rings. The summed E-state index contributed by atoms with van der Waals surface area (Å²) in [5.41, 5.74) is 5.34. The number of phenols is 1. The summed E-state index contributed by atoms with van der Waals surface area (Å²) in [6, 6.07) is 9.63. The van der Waals surface area contributed by atoms with Crippen LogP contribution in [-0.4, -0.2) is 16.1 Å². The largest absolute Gasteiger partial charge is 0.507 e. The van der Waals surface area contributed by atoms with E-state index in [1.54, 1.807) is 0 Å². The SMILES string of the molecule is O=C(NNC(=S)Nc1ccc(F)cc1)c1cc(Cl)ccc1O. The van der Waals surface area contributed by atoms with Crippen molar-refractivity contribution in [3.63, 3.8) is 0 Å². The first-order chi connectivity index (χ1) is 10.5. The highest BCUT2D eigenvalue weighted by atomic mass is 35.5. The molecule has 0 aliphatic carbocycles. The van der Waals surface area contributed by atoms with E-state index in [9.17, 15) is 14.3 Å². The standard InChI is InChI=1S/C14H11ClFN3O2S/c15-8-1-6-12(20)11(7-8)13(21)18-19-14(22)17-10-4-2-9(16)3-5-10/h1-7,20H,(H,18,21)(H2,17,19,22). The summed E-state index contributed by atoms with van der Waals surface area (Å²) in [5, 5.41) is 12.8. The van der Waals surface area contributed by atoms with Crippen LogP contribution in [0.3, 0.4) is 0 Å². The molecular weight excluding hydrogens is 329 g/mol. The summed E-state index contributed by atoms with van der Waals surface area (Å²) in [6.07, 6.45) is 0. The molecule has 0 fully saturated rings. The number of halogens is 2. The lowest BCUT2D eigenvalue weighted by atomic mass is 10.2. The van der Waals surface area contributed by atoms with Crippen LogP contribution >= 0.6 is 23.8 Å². The van der Waals surface area contributed by atoms with E-state index in [2.05, 4.69) is 16.2 Å². The topological polar surface area (TPSA) is 73.4 Å². The molecule has 0 unspecified atom stereocenters. The van der Waals surface area contributed by atoms with E-state index in [4.69, 9.17) is 23.8 Å². The van der Waals surface area contributed by atoms with E-state index < -0.39 is 5.91 Å². The van der Waals surface area contributed by atoms with Gasteiger partial charge in [0.15, 0.2) is 5.11 Å². The summed E-state index contributed by atoms with van der Waals surface area (Å²) in [4.78, 5) is 11.9. The maximum atomic E-state index is 12.8. The van der Waals surface area contributed by atoms with Crippen molar-refractivity contribution in [2.45, 2.75) is 0 Å². The van der Waals surface area contributed by atoms with Gasteiger partial charge in [-0.05, 0) is 54.7 Å². The molecule has 2 aromatic carbocycles. The Hall–Kier alpha value is -2.38. The Morgan fingerprint density at radius 1 is 1.14 bits per heavy atom. The molecule has 114 valence electrons. The molecule has 8 heteroatoms. The van der Waals surface area contributed by atoms with Gasteiger partial charge in [0, 0.05) is 10.7 Å². The molecule has 0 saturated carbocycles. The van der Waals surface area contributed by atoms with Crippen LogP contribution in [0.4, 0.5) is 10.1 Å². The fourth-order valence-electron chi connectivity index (χ4n) is 1.57. The van der Waals surface area contributed by atoms with Crippen LogP contribution in [0.5, 0.6) is 5.75 Å². The highest BCUT2D eigenvalue weighted by molar-refractivity contribution is 7.80. The number of aromatic hydroxyl groups is 1. The Kier molecular flexibility index (Phi) is 5.13. The van der Waals surface area contributed by atoms with Gasteiger partial charge in [0.05, 0.1) is 5.56 Å². The van der Waals surface area contributed by atoms with Crippen molar-refractivity contribution in [2.24, 2.45) is 0 Å². The van der Waals surface area contributed by atoms with Gasteiger partial charge in [-0.2, -0.15) is 0 Å². The molecule has 0 spiro atoms. The zero-order chi connectivity index (χ0) is 16.1. The average Bonchev–Trinajstić information content (AvgIpc) is 2.49. The second kappa shape index (κ2) is 7.06. The van der Waals surface area contributed by atoms with Gasteiger partial charge in [0.1, 0.15) is 11.6 Å². The predicted octanol–water partition coefficient (Wildman–Crippen LogP) is 2.82. The fraction of sp³-hybridized carbons (Fsp3) is 0. The van der Waals surface area contributed by atoms with Crippen LogP contribution in [0.25, 0.3) is 0 Å². The summed E-state index contributed by atoms with van der Waals surface area (Å²) < 4.78 is 12.8. The lowest BCUT2D eigenvalue weighted by molar-refractivity contribution is 0.0941. The monoisotopic (exact) mass is 339 g/mol. The molecule has 0 bridgehead atoms. The molecule has 22 heavy (non-hydrogen) atoms. The van der Waals surface area contributed by atoms with Gasteiger partial charge in [0.25, 0.3) is 5.91 Å². The number of phenolic OH excluding ortho intramolecular Hbond substituents is 1. The van der Waals surface area contributed by atoms with Crippen molar-refractivity contribution in [3.8, 4) is 5.75 Å². The lowest BCUT2D eigenvalue weighted by Crippen LogP contribution is -2.43. The second-order valence-electron chi connectivity index (χ2n) is 4.20. The highest BCUT2D eigenvalue weighted by Gasteiger charge is 2.11. The molecule has 0 atom stereocenters. The summed E-state index contributed by atoms with van der Waals surface area (Å²) in [7, 11) is 0. The molecule has 0 saturated heterocycles. The molecule has 2 rings (SSSR count). The van der Waals surface area contributed by atoms with Crippen LogP contribution in [0.15, 0.2) is 42.5 Å². The Balaban J connectivity index is 1.91. The number of amides is 1. The Morgan fingerprint density at radius 3 is 2.50 bits per heavy atom. The van der Waals surface area contributed by atoms with Gasteiger partial charge in [-0.25, -0.2) is 4.39 Å². The number of rotatable bonds is 2. The van der Waals surface area contributed by atoms with Gasteiger partial charge >= 0.3 is 0 Å². The number of anilines is 1. The number of benzene rings is 2. The van der Waals surface area contributed by atoms with Crippen molar-refractivity contribution >= 4 is 40.5 Å². The van der Waals surface area contributed by atoms with Crippen molar-refractivity contribution in [1.29, 1.82) is 0 Å². The Morgan fingerprint density at radius 2 is 1.82 bits per heavy atom. The zero-order valence-corrected chi connectivity index (χ0v) is 12.6. The molecule has 1 amide bonds. The maximum Gasteiger partial charge on any atom is 0.273 e. The van der Waals surface area contributed by atoms with E-state index in [0.29, 0.717) is 10.7 Å². The van der Waals surface area contributed by atoms with Crippen molar-refractivity contribution < 1.29 is 14.3 Å². The van der Waals surface area contributed by atoms with Crippen molar-refractivity contribution in [2.75, 3.05) is 5.32 Å². The van der Waals surface area contributed by atoms with Crippen molar-refractivity contribution in [1.82, 2.24) is 10.9 Å². The van der Waals surface area contributed by atoms with E-state index in [1.165, 1.54) is 42.5 Å². The number of hydrogen-bond acceptors (Lipinski definition) is 3. The molecule has 2 aromatic rings. The number of hydrogen-bond donors (Lipinski definition) is 4. The minimum Gasteiger partial charge on any atom is -0.507 e. The first-order valence-electron chi connectivity index (χ1n) is 6.07.